The van der Waals surface area contributed by atoms with E-state index in [4.69, 9.17) is 18.9 Å². The fourth-order valence-electron chi connectivity index (χ4n) is 10.6. The predicted octanol–water partition coefficient (Wildman–Crippen LogP) is 5.79. The Hall–Kier alpha value is -2.36. The number of nitrogens with one attached hydrogen (secondary N) is 2. The predicted molar refractivity (Wildman–Crippen MR) is 214 cm³/mol. The molecule has 0 radical (unpaired) electrons. The van der Waals surface area contributed by atoms with E-state index >= 15 is 0 Å². The van der Waals surface area contributed by atoms with Crippen LogP contribution in [0.3, 0.4) is 0 Å². The lowest BCUT2D eigenvalue weighted by Crippen LogP contribution is -2.49. The second-order valence-corrected chi connectivity index (χ2v) is 22.5. The Morgan fingerprint density at radius 3 is 1.28 bits per heavy atom. The van der Waals surface area contributed by atoms with Gasteiger partial charge in [0.2, 0.25) is 0 Å². The third kappa shape index (κ3) is 10.5. The zero-order valence-corrected chi connectivity index (χ0v) is 37.9. The Labute approximate surface area is 341 Å². The van der Waals surface area contributed by atoms with Gasteiger partial charge in [-0.2, -0.15) is 10.1 Å². The molecule has 4 aliphatic heterocycles. The van der Waals surface area contributed by atoms with Crippen LogP contribution in [0.4, 0.5) is 0 Å². The van der Waals surface area contributed by atoms with E-state index in [1.807, 2.05) is 69.2 Å². The van der Waals surface area contributed by atoms with Gasteiger partial charge in [-0.05, 0) is 130 Å². The second kappa shape index (κ2) is 15.9. The molecule has 0 aromatic carbocycles. The number of carbonyl (C=O) groups excluding carboxylic acids is 4. The highest BCUT2D eigenvalue weighted by molar-refractivity contribution is 5.88. The minimum absolute atomic E-state index is 0.0218. The van der Waals surface area contributed by atoms with Crippen LogP contribution >= 0.6 is 0 Å². The van der Waals surface area contributed by atoms with Gasteiger partial charge >= 0.3 is 23.9 Å². The first-order valence-electron chi connectivity index (χ1n) is 20.9. The third-order valence-corrected chi connectivity index (χ3v) is 13.8. The maximum Gasteiger partial charge on any atom is 0.310 e. The topological polar surface area (TPSA) is 176 Å². The van der Waals surface area contributed by atoms with Crippen LogP contribution in [-0.4, -0.2) is 115 Å². The monoisotopic (exact) mass is 809 g/mol. The van der Waals surface area contributed by atoms with Gasteiger partial charge < -0.3 is 40.0 Å². The fraction of sp³-hybridized carbons (Fsp3) is 0.907. The summed E-state index contributed by atoms with van der Waals surface area (Å²) in [7, 11) is 0. The number of carbonyl (C=O) groups is 4. The Balaban J connectivity index is 1.63. The number of rotatable bonds is 14. The zero-order chi connectivity index (χ0) is 43.5. The molecule has 4 N–H and O–H groups in total. The molecule has 328 valence electrons. The number of hydrogen-bond acceptors (Lipinski definition) is 14. The molecule has 4 heterocycles. The largest absolute Gasteiger partial charge is 0.465 e. The van der Waals surface area contributed by atoms with Crippen molar-refractivity contribution in [2.24, 2.45) is 29.6 Å². The molecule has 0 aliphatic carbocycles. The van der Waals surface area contributed by atoms with Crippen LogP contribution < -0.4 is 10.6 Å². The fourth-order valence-corrected chi connectivity index (χ4v) is 10.6. The van der Waals surface area contributed by atoms with Crippen LogP contribution in [0.15, 0.2) is 0 Å². The number of hydrogen-bond donors (Lipinski definition) is 4. The first kappa shape index (κ1) is 47.3. The van der Waals surface area contributed by atoms with Crippen LogP contribution in [-0.2, 0) is 38.1 Å². The number of nitrogens with zero attached hydrogens (tertiary/aromatic N) is 2. The molecule has 14 nitrogen and oxygen atoms in total. The number of hydroxylamine groups is 4. The van der Waals surface area contributed by atoms with Gasteiger partial charge in [0.25, 0.3) is 0 Å². The summed E-state index contributed by atoms with van der Waals surface area (Å²) in [6.07, 6.45) is 0.507. The molecule has 0 bridgehead atoms. The first-order valence-corrected chi connectivity index (χ1v) is 20.9. The van der Waals surface area contributed by atoms with Crippen molar-refractivity contribution < 1.29 is 48.5 Å². The van der Waals surface area contributed by atoms with E-state index in [1.165, 1.54) is 10.1 Å². The smallest absolute Gasteiger partial charge is 0.310 e. The van der Waals surface area contributed by atoms with Crippen molar-refractivity contribution in [3.63, 3.8) is 0 Å². The summed E-state index contributed by atoms with van der Waals surface area (Å²) in [4.78, 5) is 56.4. The molecule has 14 heteroatoms. The molecular formula is C43H76N4O10. The zero-order valence-electron chi connectivity index (χ0n) is 37.9. The van der Waals surface area contributed by atoms with Crippen LogP contribution in [0.1, 0.15) is 149 Å². The van der Waals surface area contributed by atoms with Gasteiger partial charge in [-0.15, -0.1) is 0 Å². The second-order valence-electron chi connectivity index (χ2n) is 22.5. The van der Waals surface area contributed by atoms with E-state index < -0.39 is 76.8 Å². The van der Waals surface area contributed by atoms with E-state index in [1.54, 1.807) is 13.8 Å². The summed E-state index contributed by atoms with van der Waals surface area (Å²) in [5.41, 5.74) is -3.99. The van der Waals surface area contributed by atoms with E-state index in [0.29, 0.717) is 12.8 Å². The average Bonchev–Trinajstić information content (AvgIpc) is 3.53. The van der Waals surface area contributed by atoms with Gasteiger partial charge in [0.15, 0.2) is 0 Å². The number of esters is 4. The first-order chi connectivity index (χ1) is 25.6. The van der Waals surface area contributed by atoms with Crippen molar-refractivity contribution in [3.05, 3.63) is 0 Å². The van der Waals surface area contributed by atoms with Crippen molar-refractivity contribution in [2.75, 3.05) is 19.8 Å². The van der Waals surface area contributed by atoms with Gasteiger partial charge in [0.1, 0.15) is 6.10 Å². The minimum Gasteiger partial charge on any atom is -0.465 e. The standard InChI is InChI=1S/C43H76N4O10/c1-36(2)19-26(40(9,10)44-36)23-55-34(50)29(17-32(48)54-25-28-21-38(5,6)46(52)42(28,13)14)30(35(51)56-24-27-20-37(3,4)45-41(27,11)12)18-33(49)57-31-22-39(7,8)47(53)43(31,15)16/h26-31,44-45,52-53H,17-25H2,1-16H3. The van der Waals surface area contributed by atoms with Crippen molar-refractivity contribution in [1.82, 2.24) is 20.8 Å². The quantitative estimate of drug-likeness (QED) is 0.123. The minimum atomic E-state index is -1.44. The van der Waals surface area contributed by atoms with E-state index in [9.17, 15) is 29.6 Å². The van der Waals surface area contributed by atoms with Crippen molar-refractivity contribution in [3.8, 4) is 0 Å². The highest BCUT2D eigenvalue weighted by atomic mass is 16.6. The lowest BCUT2D eigenvalue weighted by molar-refractivity contribution is -0.206. The molecule has 4 rings (SSSR count). The molecule has 0 spiro atoms. The van der Waals surface area contributed by atoms with E-state index in [0.717, 1.165) is 12.8 Å². The van der Waals surface area contributed by atoms with Gasteiger partial charge in [-0.3, -0.25) is 19.2 Å². The van der Waals surface area contributed by atoms with Gasteiger partial charge in [-0.25, -0.2) is 0 Å². The molecule has 0 aromatic heterocycles. The molecule has 0 aromatic rings. The van der Waals surface area contributed by atoms with Gasteiger partial charge in [0, 0.05) is 62.9 Å². The summed E-state index contributed by atoms with van der Waals surface area (Å²) < 4.78 is 23.8. The summed E-state index contributed by atoms with van der Waals surface area (Å²) in [5, 5.41) is 31.4. The molecule has 57 heavy (non-hydrogen) atoms. The van der Waals surface area contributed by atoms with Crippen molar-refractivity contribution in [1.29, 1.82) is 0 Å². The molecular weight excluding hydrogens is 732 g/mol. The molecule has 0 amide bonds. The molecule has 4 aliphatic rings. The van der Waals surface area contributed by atoms with E-state index in [2.05, 4.69) is 38.3 Å². The van der Waals surface area contributed by atoms with Crippen LogP contribution in [0.5, 0.6) is 0 Å². The maximum absolute atomic E-state index is 14.4. The maximum atomic E-state index is 14.4. The van der Waals surface area contributed by atoms with Crippen LogP contribution in [0.2, 0.25) is 0 Å². The molecule has 0 saturated carbocycles. The summed E-state index contributed by atoms with van der Waals surface area (Å²) in [6.45, 7) is 31.4. The lowest BCUT2D eigenvalue weighted by Gasteiger charge is -2.35. The Bertz CT molecular complexity index is 1520. The highest BCUT2D eigenvalue weighted by Crippen LogP contribution is 2.44. The Morgan fingerprint density at radius 2 is 0.930 bits per heavy atom. The van der Waals surface area contributed by atoms with Crippen molar-refractivity contribution >= 4 is 23.9 Å². The molecule has 6 atom stereocenters. The number of ether oxygens (including phenoxy) is 4. The normalized spacial score (nSPS) is 31.3. The van der Waals surface area contributed by atoms with Crippen molar-refractivity contribution in [2.45, 2.75) is 200 Å². The Morgan fingerprint density at radius 1 is 0.544 bits per heavy atom. The molecule has 4 saturated heterocycles. The average molecular weight is 809 g/mol. The van der Waals surface area contributed by atoms with E-state index in [-0.39, 0.29) is 59.7 Å². The van der Waals surface area contributed by atoms with Crippen LogP contribution in [0.25, 0.3) is 0 Å². The summed E-state index contributed by atoms with van der Waals surface area (Å²) in [5.74, 6) is -6.35. The molecule has 6 unspecified atom stereocenters. The van der Waals surface area contributed by atoms with Crippen LogP contribution in [0, 0.1) is 29.6 Å². The summed E-state index contributed by atoms with van der Waals surface area (Å²) in [6, 6.07) is 0. The SMILES string of the molecule is CC1(C)CC(COC(=O)C(CC(=O)OCC2CC(C)(C)N(O)C2(C)C)C(CC(=O)OC2CC(C)(C)N(O)C2(C)C)C(=O)OCC2CC(C)(C)NC2(C)C)C(C)(C)N1. The van der Waals surface area contributed by atoms with Gasteiger partial charge in [0.05, 0.1) is 50.0 Å². The third-order valence-electron chi connectivity index (χ3n) is 13.8. The Kier molecular flexibility index (Phi) is 13.2. The summed E-state index contributed by atoms with van der Waals surface area (Å²) >= 11 is 0. The molecule has 4 fully saturated rings. The van der Waals surface area contributed by atoms with Gasteiger partial charge in [-0.1, -0.05) is 0 Å². The lowest BCUT2D eigenvalue weighted by atomic mass is 9.85. The highest BCUT2D eigenvalue weighted by Gasteiger charge is 2.55.